The third-order valence-corrected chi connectivity index (χ3v) is 5.83. The van der Waals surface area contributed by atoms with Gasteiger partial charge in [0.05, 0.1) is 17.1 Å². The molecule has 3 aromatic rings. The lowest BCUT2D eigenvalue weighted by Gasteiger charge is -2.36. The van der Waals surface area contributed by atoms with E-state index in [-0.39, 0.29) is 18.0 Å². The van der Waals surface area contributed by atoms with Gasteiger partial charge in [0.1, 0.15) is 11.5 Å². The number of hydrogen-bond acceptors (Lipinski definition) is 3. The number of aromatic amines is 1. The number of carboxylic acid groups (broad SMARTS) is 1. The molecule has 0 saturated carbocycles. The standard InChI is InChI=1S/C21H18Cl2FN3O3/c22-12-1-3-17-14(9-12)15(20(25-17)21(29)30)11-19(28)27-7-5-26(6-8-27)18-4-2-13(24)10-16(18)23/h1-4,9-10,25H,5-8,11H2,(H,29,30). The Labute approximate surface area is 181 Å². The summed E-state index contributed by atoms with van der Waals surface area (Å²) in [7, 11) is 0. The number of carbonyl (C=O) groups is 2. The molecule has 1 fully saturated rings. The highest BCUT2D eigenvalue weighted by molar-refractivity contribution is 6.33. The molecular formula is C21H18Cl2FN3O3. The number of amides is 1. The molecule has 1 amide bonds. The van der Waals surface area contributed by atoms with Gasteiger partial charge in [-0.2, -0.15) is 0 Å². The van der Waals surface area contributed by atoms with E-state index in [0.717, 1.165) is 5.69 Å². The maximum Gasteiger partial charge on any atom is 0.352 e. The number of carbonyl (C=O) groups excluding carboxylic acids is 1. The average molecular weight is 450 g/mol. The van der Waals surface area contributed by atoms with E-state index in [1.807, 2.05) is 4.90 Å². The number of piperazine rings is 1. The maximum atomic E-state index is 13.3. The van der Waals surface area contributed by atoms with E-state index in [1.165, 1.54) is 12.1 Å². The Morgan fingerprint density at radius 3 is 2.47 bits per heavy atom. The number of aromatic carboxylic acids is 1. The first-order chi connectivity index (χ1) is 14.3. The molecule has 6 nitrogen and oxygen atoms in total. The summed E-state index contributed by atoms with van der Waals surface area (Å²) in [6.45, 7) is 2.00. The summed E-state index contributed by atoms with van der Waals surface area (Å²) in [5, 5.41) is 11.0. The predicted molar refractivity (Wildman–Crippen MR) is 114 cm³/mol. The number of fused-ring (bicyclic) bond motifs is 1. The summed E-state index contributed by atoms with van der Waals surface area (Å²) in [5.74, 6) is -1.69. The molecule has 2 aromatic carbocycles. The van der Waals surface area contributed by atoms with Crippen molar-refractivity contribution in [3.63, 3.8) is 0 Å². The van der Waals surface area contributed by atoms with Crippen LogP contribution in [0.4, 0.5) is 10.1 Å². The van der Waals surface area contributed by atoms with Crippen molar-refractivity contribution in [3.05, 3.63) is 63.5 Å². The SMILES string of the molecule is O=C(O)c1[nH]c2ccc(Cl)cc2c1CC(=O)N1CCN(c2ccc(F)cc2Cl)CC1. The lowest BCUT2D eigenvalue weighted by Crippen LogP contribution is -2.49. The number of carboxylic acids is 1. The molecule has 1 aliphatic heterocycles. The van der Waals surface area contributed by atoms with E-state index in [2.05, 4.69) is 4.98 Å². The van der Waals surface area contributed by atoms with Crippen LogP contribution in [0.25, 0.3) is 10.9 Å². The molecule has 0 spiro atoms. The maximum absolute atomic E-state index is 13.3. The van der Waals surface area contributed by atoms with Gasteiger partial charge in [0.2, 0.25) is 5.91 Å². The van der Waals surface area contributed by atoms with Crippen LogP contribution in [-0.2, 0) is 11.2 Å². The second-order valence-corrected chi connectivity index (χ2v) is 7.96. The number of H-pyrrole nitrogens is 1. The van der Waals surface area contributed by atoms with Crippen LogP contribution in [-0.4, -0.2) is 53.0 Å². The lowest BCUT2D eigenvalue weighted by atomic mass is 10.1. The number of nitrogens with one attached hydrogen (secondary N) is 1. The number of benzene rings is 2. The summed E-state index contributed by atoms with van der Waals surface area (Å²) in [6.07, 6.45) is -0.0424. The Balaban J connectivity index is 1.50. The van der Waals surface area contributed by atoms with Crippen LogP contribution < -0.4 is 4.90 Å². The molecule has 0 radical (unpaired) electrons. The molecule has 0 aliphatic carbocycles. The van der Waals surface area contributed by atoms with Gasteiger partial charge in [-0.25, -0.2) is 9.18 Å². The van der Waals surface area contributed by atoms with E-state index in [0.29, 0.717) is 52.7 Å². The molecule has 0 bridgehead atoms. The number of anilines is 1. The van der Waals surface area contributed by atoms with Gasteiger partial charge in [-0.1, -0.05) is 23.2 Å². The van der Waals surface area contributed by atoms with Crippen LogP contribution >= 0.6 is 23.2 Å². The molecular weight excluding hydrogens is 432 g/mol. The van der Waals surface area contributed by atoms with E-state index >= 15 is 0 Å². The Hall–Kier alpha value is -2.77. The van der Waals surface area contributed by atoms with Gasteiger partial charge in [0.25, 0.3) is 0 Å². The predicted octanol–water partition coefficient (Wildman–Crippen LogP) is 4.20. The normalized spacial score (nSPS) is 14.4. The van der Waals surface area contributed by atoms with Gasteiger partial charge in [-0.05, 0) is 36.4 Å². The highest BCUT2D eigenvalue weighted by atomic mass is 35.5. The molecule has 0 atom stereocenters. The Kier molecular flexibility index (Phi) is 5.58. The fourth-order valence-corrected chi connectivity index (χ4v) is 4.24. The highest BCUT2D eigenvalue weighted by Crippen LogP contribution is 2.29. The molecule has 2 heterocycles. The number of hydrogen-bond donors (Lipinski definition) is 2. The molecule has 156 valence electrons. The minimum Gasteiger partial charge on any atom is -0.477 e. The summed E-state index contributed by atoms with van der Waals surface area (Å²) in [6, 6.07) is 9.28. The van der Waals surface area contributed by atoms with Gasteiger partial charge in [-0.3, -0.25) is 4.79 Å². The molecule has 4 rings (SSSR count). The van der Waals surface area contributed by atoms with Crippen LogP contribution in [0.1, 0.15) is 16.1 Å². The smallest absolute Gasteiger partial charge is 0.352 e. The monoisotopic (exact) mass is 449 g/mol. The van der Waals surface area contributed by atoms with Gasteiger partial charge < -0.3 is 19.9 Å². The number of rotatable bonds is 4. The molecule has 0 unspecified atom stereocenters. The fourth-order valence-electron chi connectivity index (χ4n) is 3.78. The van der Waals surface area contributed by atoms with Gasteiger partial charge in [0, 0.05) is 47.7 Å². The minimum atomic E-state index is -1.12. The Bertz CT molecular complexity index is 1140. The zero-order valence-electron chi connectivity index (χ0n) is 15.8. The third kappa shape index (κ3) is 3.95. The summed E-state index contributed by atoms with van der Waals surface area (Å²) in [4.78, 5) is 31.1. The van der Waals surface area contributed by atoms with Crippen molar-refractivity contribution >= 4 is 51.7 Å². The third-order valence-electron chi connectivity index (χ3n) is 5.29. The van der Waals surface area contributed by atoms with Crippen molar-refractivity contribution in [3.8, 4) is 0 Å². The van der Waals surface area contributed by atoms with Crippen LogP contribution in [0.2, 0.25) is 10.0 Å². The average Bonchev–Trinajstić information content (AvgIpc) is 3.06. The summed E-state index contributed by atoms with van der Waals surface area (Å²) < 4.78 is 13.3. The fraction of sp³-hybridized carbons (Fsp3) is 0.238. The number of aromatic nitrogens is 1. The first kappa shape index (κ1) is 20.5. The molecule has 1 saturated heterocycles. The second kappa shape index (κ2) is 8.16. The van der Waals surface area contributed by atoms with Gasteiger partial charge in [0.15, 0.2) is 0 Å². The van der Waals surface area contributed by atoms with Crippen LogP contribution in [0.5, 0.6) is 0 Å². The van der Waals surface area contributed by atoms with Crippen molar-refractivity contribution in [2.45, 2.75) is 6.42 Å². The van der Waals surface area contributed by atoms with Crippen molar-refractivity contribution in [1.82, 2.24) is 9.88 Å². The molecule has 1 aliphatic rings. The summed E-state index contributed by atoms with van der Waals surface area (Å²) in [5.41, 5.74) is 1.77. The van der Waals surface area contributed by atoms with Gasteiger partial charge in [-0.15, -0.1) is 0 Å². The minimum absolute atomic E-state index is 0.00246. The van der Waals surface area contributed by atoms with Crippen LogP contribution in [0.3, 0.4) is 0 Å². The molecule has 30 heavy (non-hydrogen) atoms. The topological polar surface area (TPSA) is 76.6 Å². The zero-order chi connectivity index (χ0) is 21.4. The van der Waals surface area contributed by atoms with E-state index in [9.17, 15) is 19.1 Å². The number of halogens is 3. The largest absolute Gasteiger partial charge is 0.477 e. The van der Waals surface area contributed by atoms with Crippen molar-refractivity contribution < 1.29 is 19.1 Å². The first-order valence-electron chi connectivity index (χ1n) is 9.34. The first-order valence-corrected chi connectivity index (χ1v) is 10.1. The Morgan fingerprint density at radius 1 is 1.07 bits per heavy atom. The van der Waals surface area contributed by atoms with Crippen molar-refractivity contribution in [2.75, 3.05) is 31.1 Å². The Morgan fingerprint density at radius 2 is 1.80 bits per heavy atom. The highest BCUT2D eigenvalue weighted by Gasteiger charge is 2.26. The van der Waals surface area contributed by atoms with E-state index < -0.39 is 11.8 Å². The van der Waals surface area contributed by atoms with Crippen molar-refractivity contribution in [1.29, 1.82) is 0 Å². The quantitative estimate of drug-likeness (QED) is 0.625. The van der Waals surface area contributed by atoms with Gasteiger partial charge >= 0.3 is 5.97 Å². The molecule has 1 aromatic heterocycles. The number of nitrogens with zero attached hydrogens (tertiary/aromatic N) is 2. The second-order valence-electron chi connectivity index (χ2n) is 7.11. The molecule has 2 N–H and O–H groups in total. The summed E-state index contributed by atoms with van der Waals surface area (Å²) >= 11 is 12.2. The van der Waals surface area contributed by atoms with Crippen molar-refractivity contribution in [2.24, 2.45) is 0 Å². The van der Waals surface area contributed by atoms with E-state index in [4.69, 9.17) is 23.2 Å². The molecule has 9 heteroatoms. The van der Waals surface area contributed by atoms with Crippen LogP contribution in [0.15, 0.2) is 36.4 Å². The van der Waals surface area contributed by atoms with E-state index in [1.54, 1.807) is 29.2 Å². The van der Waals surface area contributed by atoms with Crippen LogP contribution in [0, 0.1) is 5.82 Å². The lowest BCUT2D eigenvalue weighted by molar-refractivity contribution is -0.130. The zero-order valence-corrected chi connectivity index (χ0v) is 17.3.